The number of aromatic nitrogens is 1. The van der Waals surface area contributed by atoms with Crippen LogP contribution >= 0.6 is 0 Å². The highest BCUT2D eigenvalue weighted by atomic mass is 19.1. The number of methoxy groups -OCH3 is 1. The standard InChI is InChI=1S/C20H20FNO2/c1-12-8-16(13(2)23)18-10-17(14-4-6-15(21)7-5-14)20(11-24-3)22-19(18)9-12/h4-10,13,23H,11H2,1-3H3. The number of hydrogen-bond donors (Lipinski definition) is 1. The molecule has 24 heavy (non-hydrogen) atoms. The summed E-state index contributed by atoms with van der Waals surface area (Å²) in [6, 6.07) is 12.3. The molecule has 0 bridgehead atoms. The summed E-state index contributed by atoms with van der Waals surface area (Å²) in [5.74, 6) is -0.277. The van der Waals surface area contributed by atoms with Crippen LogP contribution in [0.5, 0.6) is 0 Å². The lowest BCUT2D eigenvalue weighted by atomic mass is 9.96. The predicted octanol–water partition coefficient (Wildman–Crippen LogP) is 4.55. The van der Waals surface area contributed by atoms with Gasteiger partial charge in [-0.25, -0.2) is 9.37 Å². The van der Waals surface area contributed by atoms with E-state index < -0.39 is 6.10 Å². The lowest BCUT2D eigenvalue weighted by Gasteiger charge is -2.15. The van der Waals surface area contributed by atoms with Crippen molar-refractivity contribution in [3.63, 3.8) is 0 Å². The van der Waals surface area contributed by atoms with E-state index in [1.807, 2.05) is 25.1 Å². The van der Waals surface area contributed by atoms with Gasteiger partial charge in [0.05, 0.1) is 23.9 Å². The maximum Gasteiger partial charge on any atom is 0.123 e. The van der Waals surface area contributed by atoms with Crippen LogP contribution in [0.25, 0.3) is 22.0 Å². The van der Waals surface area contributed by atoms with Crippen molar-refractivity contribution >= 4 is 10.9 Å². The summed E-state index contributed by atoms with van der Waals surface area (Å²) < 4.78 is 18.5. The monoisotopic (exact) mass is 325 g/mol. The molecule has 0 saturated heterocycles. The van der Waals surface area contributed by atoms with Crippen LogP contribution in [0.3, 0.4) is 0 Å². The predicted molar refractivity (Wildman–Crippen MR) is 93.2 cm³/mol. The lowest BCUT2D eigenvalue weighted by Crippen LogP contribution is -2.01. The number of fused-ring (bicyclic) bond motifs is 1. The molecule has 1 aromatic heterocycles. The van der Waals surface area contributed by atoms with Crippen LogP contribution in [-0.2, 0) is 11.3 Å². The number of benzene rings is 2. The Morgan fingerprint density at radius 1 is 1.17 bits per heavy atom. The molecule has 0 aliphatic heterocycles. The summed E-state index contributed by atoms with van der Waals surface area (Å²) in [7, 11) is 1.62. The molecule has 2 aromatic carbocycles. The number of ether oxygens (including phenoxy) is 1. The topological polar surface area (TPSA) is 42.4 Å². The molecule has 0 radical (unpaired) electrons. The molecule has 0 fully saturated rings. The molecule has 0 amide bonds. The molecule has 124 valence electrons. The lowest BCUT2D eigenvalue weighted by molar-refractivity contribution is 0.182. The first-order valence-corrected chi connectivity index (χ1v) is 7.86. The van der Waals surface area contributed by atoms with E-state index in [4.69, 9.17) is 9.72 Å². The minimum atomic E-state index is -0.594. The quantitative estimate of drug-likeness (QED) is 0.765. The zero-order valence-corrected chi connectivity index (χ0v) is 14.0. The maximum atomic E-state index is 13.2. The summed E-state index contributed by atoms with van der Waals surface area (Å²) >= 11 is 0. The van der Waals surface area contributed by atoms with Crippen LogP contribution < -0.4 is 0 Å². The van der Waals surface area contributed by atoms with E-state index in [-0.39, 0.29) is 5.82 Å². The molecule has 0 spiro atoms. The molecule has 3 aromatic rings. The average molecular weight is 325 g/mol. The fraction of sp³-hybridized carbons (Fsp3) is 0.250. The Balaban J connectivity index is 2.30. The molecule has 0 saturated carbocycles. The minimum absolute atomic E-state index is 0.277. The number of rotatable bonds is 4. The Hall–Kier alpha value is -2.30. The van der Waals surface area contributed by atoms with Gasteiger partial charge in [0.1, 0.15) is 5.82 Å². The molecule has 3 nitrogen and oxygen atoms in total. The number of hydrogen-bond acceptors (Lipinski definition) is 3. The second-order valence-electron chi connectivity index (χ2n) is 6.02. The Kier molecular flexibility index (Phi) is 4.60. The van der Waals surface area contributed by atoms with Crippen molar-refractivity contribution in [2.45, 2.75) is 26.6 Å². The van der Waals surface area contributed by atoms with E-state index in [0.717, 1.165) is 38.9 Å². The van der Waals surface area contributed by atoms with E-state index >= 15 is 0 Å². The molecule has 4 heteroatoms. The van der Waals surface area contributed by atoms with Crippen LogP contribution in [0.4, 0.5) is 4.39 Å². The first kappa shape index (κ1) is 16.6. The van der Waals surface area contributed by atoms with E-state index in [2.05, 4.69) is 0 Å². The first-order valence-electron chi connectivity index (χ1n) is 7.86. The highest BCUT2D eigenvalue weighted by molar-refractivity contribution is 5.88. The van der Waals surface area contributed by atoms with Crippen molar-refractivity contribution in [2.75, 3.05) is 7.11 Å². The van der Waals surface area contributed by atoms with Gasteiger partial charge in [0.15, 0.2) is 0 Å². The van der Waals surface area contributed by atoms with Crippen molar-refractivity contribution in [3.8, 4) is 11.1 Å². The molecule has 0 aliphatic rings. The van der Waals surface area contributed by atoms with Gasteiger partial charge >= 0.3 is 0 Å². The van der Waals surface area contributed by atoms with E-state index in [9.17, 15) is 9.50 Å². The fourth-order valence-electron chi connectivity index (χ4n) is 2.96. The molecular formula is C20H20FNO2. The van der Waals surface area contributed by atoms with Gasteiger partial charge in [-0.15, -0.1) is 0 Å². The highest BCUT2D eigenvalue weighted by Gasteiger charge is 2.14. The zero-order valence-electron chi connectivity index (χ0n) is 14.0. The van der Waals surface area contributed by atoms with Gasteiger partial charge in [-0.3, -0.25) is 0 Å². The second kappa shape index (κ2) is 6.67. The van der Waals surface area contributed by atoms with Crippen molar-refractivity contribution < 1.29 is 14.2 Å². The number of nitrogens with zero attached hydrogens (tertiary/aromatic N) is 1. The summed E-state index contributed by atoms with van der Waals surface area (Å²) in [5, 5.41) is 11.0. The molecule has 1 atom stereocenters. The Bertz CT molecular complexity index is 873. The van der Waals surface area contributed by atoms with Gasteiger partial charge in [0.2, 0.25) is 0 Å². The van der Waals surface area contributed by atoms with E-state index in [1.165, 1.54) is 12.1 Å². The smallest absolute Gasteiger partial charge is 0.123 e. The number of aliphatic hydroxyl groups excluding tert-OH is 1. The zero-order chi connectivity index (χ0) is 17.3. The maximum absolute atomic E-state index is 13.2. The van der Waals surface area contributed by atoms with Gasteiger partial charge < -0.3 is 9.84 Å². The number of pyridine rings is 1. The van der Waals surface area contributed by atoms with Gasteiger partial charge in [-0.05, 0) is 54.8 Å². The summed E-state index contributed by atoms with van der Waals surface area (Å²) in [5.41, 5.74) is 5.25. The number of aliphatic hydroxyl groups is 1. The SMILES string of the molecule is COCc1nc2cc(C)cc(C(C)O)c2cc1-c1ccc(F)cc1. The molecule has 1 N–H and O–H groups in total. The van der Waals surface area contributed by atoms with Gasteiger partial charge in [-0.1, -0.05) is 18.2 Å². The van der Waals surface area contributed by atoms with Crippen molar-refractivity contribution in [3.05, 3.63) is 65.1 Å². The minimum Gasteiger partial charge on any atom is -0.389 e. The van der Waals surface area contributed by atoms with Crippen LogP contribution in [0.15, 0.2) is 42.5 Å². The van der Waals surface area contributed by atoms with Gasteiger partial charge in [-0.2, -0.15) is 0 Å². The van der Waals surface area contributed by atoms with Crippen LogP contribution in [0.1, 0.15) is 29.8 Å². The number of halogens is 1. The normalized spacial score (nSPS) is 12.5. The highest BCUT2D eigenvalue weighted by Crippen LogP contribution is 2.32. The third kappa shape index (κ3) is 3.16. The van der Waals surface area contributed by atoms with Crippen molar-refractivity contribution in [2.24, 2.45) is 0 Å². The Labute approximate surface area is 140 Å². The molecular weight excluding hydrogens is 305 g/mol. The van der Waals surface area contributed by atoms with E-state index in [1.54, 1.807) is 26.2 Å². The van der Waals surface area contributed by atoms with Crippen molar-refractivity contribution in [1.29, 1.82) is 0 Å². The third-order valence-electron chi connectivity index (χ3n) is 4.08. The number of aryl methyl sites for hydroxylation is 1. The first-order chi connectivity index (χ1) is 11.5. The summed E-state index contributed by atoms with van der Waals surface area (Å²) in [6.45, 7) is 4.09. The van der Waals surface area contributed by atoms with Crippen LogP contribution in [0, 0.1) is 12.7 Å². The van der Waals surface area contributed by atoms with Gasteiger partial charge in [0.25, 0.3) is 0 Å². The second-order valence-corrected chi connectivity index (χ2v) is 6.02. The summed E-state index contributed by atoms with van der Waals surface area (Å²) in [6.07, 6.45) is -0.594. The fourth-order valence-corrected chi connectivity index (χ4v) is 2.96. The Morgan fingerprint density at radius 3 is 2.50 bits per heavy atom. The van der Waals surface area contributed by atoms with Crippen LogP contribution in [-0.4, -0.2) is 17.2 Å². The summed E-state index contributed by atoms with van der Waals surface area (Å²) in [4.78, 5) is 4.74. The largest absolute Gasteiger partial charge is 0.389 e. The molecule has 3 rings (SSSR count). The van der Waals surface area contributed by atoms with Gasteiger partial charge in [0, 0.05) is 18.1 Å². The van der Waals surface area contributed by atoms with Crippen molar-refractivity contribution in [1.82, 2.24) is 4.98 Å². The third-order valence-corrected chi connectivity index (χ3v) is 4.08. The van der Waals surface area contributed by atoms with E-state index in [0.29, 0.717) is 6.61 Å². The average Bonchev–Trinajstić information content (AvgIpc) is 2.54. The molecule has 1 heterocycles. The molecule has 0 aliphatic carbocycles. The molecule has 1 unspecified atom stereocenters. The van der Waals surface area contributed by atoms with Crippen LogP contribution in [0.2, 0.25) is 0 Å². The Morgan fingerprint density at radius 2 is 1.88 bits per heavy atom.